The smallest absolute Gasteiger partial charge is 0.194 e. The van der Waals surface area contributed by atoms with E-state index in [1.54, 1.807) is 7.11 Å². The molecule has 1 saturated carbocycles. The molecule has 1 aromatic rings. The molecule has 4 rings (SSSR count). The number of halogens is 1. The van der Waals surface area contributed by atoms with Gasteiger partial charge in [-0.3, -0.25) is 4.90 Å². The highest BCUT2D eigenvalue weighted by atomic mass is 127. The molecule has 3 fully saturated rings. The number of methoxy groups -OCH3 is 1. The Labute approximate surface area is 191 Å². The van der Waals surface area contributed by atoms with Crippen molar-refractivity contribution in [1.82, 2.24) is 29.9 Å². The van der Waals surface area contributed by atoms with Gasteiger partial charge < -0.3 is 19.5 Å². The van der Waals surface area contributed by atoms with Gasteiger partial charge in [0.25, 0.3) is 0 Å². The minimum atomic E-state index is 0. The van der Waals surface area contributed by atoms with Gasteiger partial charge in [0.1, 0.15) is 12.4 Å². The number of guanidine groups is 1. The van der Waals surface area contributed by atoms with E-state index in [9.17, 15) is 0 Å². The lowest BCUT2D eigenvalue weighted by Gasteiger charge is -2.48. The molecule has 2 atom stereocenters. The number of fused-ring (bicyclic) bond motifs is 1. The van der Waals surface area contributed by atoms with E-state index < -0.39 is 0 Å². The number of likely N-dealkylation sites (tertiary alicyclic amines) is 2. The first-order valence-corrected chi connectivity index (χ1v) is 10.8. The van der Waals surface area contributed by atoms with Gasteiger partial charge in [0.05, 0.1) is 6.61 Å². The predicted octanol–water partition coefficient (Wildman–Crippen LogP) is 1.78. The highest BCUT2D eigenvalue weighted by Crippen LogP contribution is 2.38. The molecule has 8 nitrogen and oxygen atoms in total. The quantitative estimate of drug-likeness (QED) is 0.269. The average molecular weight is 517 g/mol. The van der Waals surface area contributed by atoms with Crippen LogP contribution in [0.2, 0.25) is 0 Å². The number of hydrogen-bond donors (Lipinski definition) is 1. The third-order valence-corrected chi connectivity index (χ3v) is 6.57. The Morgan fingerprint density at radius 1 is 1.21 bits per heavy atom. The van der Waals surface area contributed by atoms with Gasteiger partial charge in [-0.1, -0.05) is 0 Å². The SMILES string of the molecule is COCCNC(=NCc1nnc(C)n1C)N1CCC2C(CCCN2C2CC2)C1.I. The number of hydrogen-bond acceptors (Lipinski definition) is 5. The molecule has 164 valence electrons. The molecule has 3 heterocycles. The molecule has 0 aromatic carbocycles. The zero-order valence-corrected chi connectivity index (χ0v) is 20.3. The van der Waals surface area contributed by atoms with Crippen LogP contribution >= 0.6 is 24.0 Å². The monoisotopic (exact) mass is 517 g/mol. The van der Waals surface area contributed by atoms with Crippen LogP contribution in [0.5, 0.6) is 0 Å². The summed E-state index contributed by atoms with van der Waals surface area (Å²) in [5.41, 5.74) is 0. The lowest BCUT2D eigenvalue weighted by molar-refractivity contribution is 0.0368. The first kappa shape index (κ1) is 22.7. The Balaban J connectivity index is 0.00000240. The number of aryl methyl sites for hydroxylation is 1. The fraction of sp³-hybridized carbons (Fsp3) is 0.850. The van der Waals surface area contributed by atoms with E-state index in [0.717, 1.165) is 55.2 Å². The summed E-state index contributed by atoms with van der Waals surface area (Å²) in [6.07, 6.45) is 6.76. The van der Waals surface area contributed by atoms with E-state index in [2.05, 4.69) is 25.3 Å². The van der Waals surface area contributed by atoms with E-state index in [1.165, 1.54) is 38.6 Å². The maximum Gasteiger partial charge on any atom is 0.194 e. The van der Waals surface area contributed by atoms with Crippen LogP contribution in [0, 0.1) is 12.8 Å². The van der Waals surface area contributed by atoms with Crippen molar-refractivity contribution in [2.24, 2.45) is 18.0 Å². The van der Waals surface area contributed by atoms with Crippen LogP contribution in [-0.4, -0.2) is 82.5 Å². The summed E-state index contributed by atoms with van der Waals surface area (Å²) in [5, 5.41) is 11.9. The second-order valence-corrected chi connectivity index (χ2v) is 8.46. The third-order valence-electron chi connectivity index (χ3n) is 6.57. The summed E-state index contributed by atoms with van der Waals surface area (Å²) in [6.45, 7) is 7.45. The summed E-state index contributed by atoms with van der Waals surface area (Å²) in [5.74, 6) is 3.56. The van der Waals surface area contributed by atoms with Crippen LogP contribution in [0.15, 0.2) is 4.99 Å². The summed E-state index contributed by atoms with van der Waals surface area (Å²) >= 11 is 0. The number of nitrogens with one attached hydrogen (secondary N) is 1. The third kappa shape index (κ3) is 5.41. The largest absolute Gasteiger partial charge is 0.383 e. The Hall–Kier alpha value is -0.940. The molecular formula is C20H36IN7O. The zero-order chi connectivity index (χ0) is 19.5. The Morgan fingerprint density at radius 3 is 2.72 bits per heavy atom. The summed E-state index contributed by atoms with van der Waals surface area (Å²) in [6, 6.07) is 1.66. The normalized spacial score (nSPS) is 25.5. The fourth-order valence-corrected chi connectivity index (χ4v) is 4.76. The Morgan fingerprint density at radius 2 is 2.03 bits per heavy atom. The predicted molar refractivity (Wildman–Crippen MR) is 125 cm³/mol. The average Bonchev–Trinajstić information content (AvgIpc) is 3.51. The van der Waals surface area contributed by atoms with Gasteiger partial charge in [-0.15, -0.1) is 34.2 Å². The highest BCUT2D eigenvalue weighted by Gasteiger charge is 2.42. The van der Waals surface area contributed by atoms with Crippen LogP contribution in [0.25, 0.3) is 0 Å². The van der Waals surface area contributed by atoms with Crippen molar-refractivity contribution in [2.45, 2.75) is 57.7 Å². The minimum Gasteiger partial charge on any atom is -0.383 e. The molecule has 29 heavy (non-hydrogen) atoms. The van der Waals surface area contributed by atoms with Crippen molar-refractivity contribution in [2.75, 3.05) is 39.9 Å². The Kier molecular flexibility index (Phi) is 8.15. The van der Waals surface area contributed by atoms with Crippen LogP contribution < -0.4 is 5.32 Å². The van der Waals surface area contributed by atoms with Gasteiger partial charge in [0, 0.05) is 45.9 Å². The molecule has 2 aliphatic heterocycles. The van der Waals surface area contributed by atoms with E-state index in [0.29, 0.717) is 13.2 Å². The summed E-state index contributed by atoms with van der Waals surface area (Å²) in [7, 11) is 3.74. The van der Waals surface area contributed by atoms with Crippen molar-refractivity contribution in [3.8, 4) is 0 Å². The maximum absolute atomic E-state index is 5.23. The lowest BCUT2D eigenvalue weighted by atomic mass is 9.83. The van der Waals surface area contributed by atoms with Gasteiger partial charge in [0.15, 0.2) is 11.8 Å². The molecule has 9 heteroatoms. The molecule has 0 radical (unpaired) electrons. The molecule has 0 spiro atoms. The number of rotatable bonds is 6. The van der Waals surface area contributed by atoms with Crippen LogP contribution in [0.3, 0.4) is 0 Å². The van der Waals surface area contributed by atoms with Gasteiger partial charge in [-0.2, -0.15) is 0 Å². The molecule has 3 aliphatic rings. The van der Waals surface area contributed by atoms with Crippen LogP contribution in [0.1, 0.15) is 43.8 Å². The van der Waals surface area contributed by atoms with E-state index in [-0.39, 0.29) is 24.0 Å². The minimum absolute atomic E-state index is 0. The summed E-state index contributed by atoms with van der Waals surface area (Å²) in [4.78, 5) is 10.2. The number of nitrogens with zero attached hydrogens (tertiary/aromatic N) is 6. The van der Waals surface area contributed by atoms with Gasteiger partial charge in [-0.05, 0) is 51.5 Å². The van der Waals surface area contributed by atoms with Crippen molar-refractivity contribution in [1.29, 1.82) is 0 Å². The molecule has 0 bridgehead atoms. The lowest BCUT2D eigenvalue weighted by Crippen LogP contribution is -2.57. The first-order chi connectivity index (χ1) is 13.7. The number of aliphatic imine (C=N–C) groups is 1. The second-order valence-electron chi connectivity index (χ2n) is 8.46. The van der Waals surface area contributed by atoms with E-state index >= 15 is 0 Å². The maximum atomic E-state index is 5.23. The van der Waals surface area contributed by atoms with Crippen molar-refractivity contribution < 1.29 is 4.74 Å². The highest BCUT2D eigenvalue weighted by molar-refractivity contribution is 14.0. The first-order valence-electron chi connectivity index (χ1n) is 10.8. The fourth-order valence-electron chi connectivity index (χ4n) is 4.76. The zero-order valence-electron chi connectivity index (χ0n) is 18.0. The topological polar surface area (TPSA) is 70.8 Å². The molecule has 1 aliphatic carbocycles. The molecule has 2 saturated heterocycles. The van der Waals surface area contributed by atoms with Crippen LogP contribution in [-0.2, 0) is 18.3 Å². The standard InChI is InChI=1S/C20H35N7O.HI/c1-15-23-24-19(25(15)2)13-22-20(21-9-12-28-3)26-11-8-18-16(14-26)5-4-10-27(18)17-6-7-17;/h16-18H,4-14H2,1-3H3,(H,21,22);1H. The van der Waals surface area contributed by atoms with Gasteiger partial charge >= 0.3 is 0 Å². The molecule has 0 amide bonds. The second kappa shape index (κ2) is 10.4. The van der Waals surface area contributed by atoms with E-state index in [4.69, 9.17) is 9.73 Å². The number of ether oxygens (including phenoxy) is 1. The Bertz CT molecular complexity index is 690. The van der Waals surface area contributed by atoms with Gasteiger partial charge in [0.2, 0.25) is 0 Å². The molecule has 1 N–H and O–H groups in total. The number of piperidine rings is 2. The van der Waals surface area contributed by atoms with Crippen molar-refractivity contribution in [3.05, 3.63) is 11.6 Å². The van der Waals surface area contributed by atoms with Crippen molar-refractivity contribution >= 4 is 29.9 Å². The van der Waals surface area contributed by atoms with E-state index in [1.807, 2.05) is 18.5 Å². The number of aromatic nitrogens is 3. The van der Waals surface area contributed by atoms with Crippen molar-refractivity contribution in [3.63, 3.8) is 0 Å². The molecule has 1 aromatic heterocycles. The van der Waals surface area contributed by atoms with Crippen LogP contribution in [0.4, 0.5) is 0 Å². The molecular weight excluding hydrogens is 481 g/mol. The molecule has 2 unspecified atom stereocenters. The van der Waals surface area contributed by atoms with Gasteiger partial charge in [-0.25, -0.2) is 4.99 Å². The summed E-state index contributed by atoms with van der Waals surface area (Å²) < 4.78 is 7.24.